The van der Waals surface area contributed by atoms with E-state index in [4.69, 9.17) is 9.84 Å². The van der Waals surface area contributed by atoms with E-state index in [-0.39, 0.29) is 29.3 Å². The second kappa shape index (κ2) is 7.55. The molecule has 2 aromatic rings. The van der Waals surface area contributed by atoms with E-state index in [0.717, 1.165) is 0 Å². The highest BCUT2D eigenvalue weighted by atomic mass is 79.9. The lowest BCUT2D eigenvalue weighted by Crippen LogP contribution is -2.21. The van der Waals surface area contributed by atoms with Gasteiger partial charge in [0.1, 0.15) is 5.75 Å². The van der Waals surface area contributed by atoms with Gasteiger partial charge in [-0.2, -0.15) is 0 Å². The zero-order valence-corrected chi connectivity index (χ0v) is 13.6. The number of halogens is 1. The van der Waals surface area contributed by atoms with E-state index in [1.165, 1.54) is 36.4 Å². The molecule has 0 saturated heterocycles. The van der Waals surface area contributed by atoms with Crippen molar-refractivity contribution < 1.29 is 24.4 Å². The van der Waals surface area contributed by atoms with Crippen molar-refractivity contribution in [3.8, 4) is 5.75 Å². The number of amides is 1. The topological polar surface area (TPSA) is 119 Å². The number of carboxylic acid groups (broad SMARTS) is 1. The lowest BCUT2D eigenvalue weighted by Gasteiger charge is -2.10. The SMILES string of the molecule is O=C(COc1ccc([N+](=O)[O-])cc1)Nc1ccc(Br)cc1C(=O)O. The average Bonchev–Trinajstić information content (AvgIpc) is 2.54. The first-order valence-electron chi connectivity index (χ1n) is 6.57. The minimum absolute atomic E-state index is 0.0620. The number of anilines is 1. The summed E-state index contributed by atoms with van der Waals surface area (Å²) < 4.78 is 5.78. The monoisotopic (exact) mass is 394 g/mol. The van der Waals surface area contributed by atoms with Crippen LogP contribution in [0.2, 0.25) is 0 Å². The van der Waals surface area contributed by atoms with E-state index in [2.05, 4.69) is 21.2 Å². The van der Waals surface area contributed by atoms with Crippen LogP contribution >= 0.6 is 15.9 Å². The minimum atomic E-state index is -1.18. The molecule has 0 aromatic heterocycles. The number of hydrogen-bond donors (Lipinski definition) is 2. The third kappa shape index (κ3) is 4.53. The highest BCUT2D eigenvalue weighted by Gasteiger charge is 2.13. The summed E-state index contributed by atoms with van der Waals surface area (Å²) in [6, 6.07) is 9.67. The number of nitro benzene ring substituents is 1. The third-order valence-electron chi connectivity index (χ3n) is 2.90. The van der Waals surface area contributed by atoms with Crippen LogP contribution in [0.25, 0.3) is 0 Å². The number of non-ortho nitro benzene ring substituents is 1. The molecule has 0 unspecified atom stereocenters. The summed E-state index contributed by atoms with van der Waals surface area (Å²) in [5.74, 6) is -1.45. The number of carbonyl (C=O) groups is 2. The maximum atomic E-state index is 11.9. The van der Waals surface area contributed by atoms with Crippen LogP contribution in [0.3, 0.4) is 0 Å². The molecule has 0 radical (unpaired) electrons. The Labute approximate surface area is 144 Å². The van der Waals surface area contributed by atoms with Crippen LogP contribution in [0, 0.1) is 10.1 Å². The summed E-state index contributed by atoms with van der Waals surface area (Å²) in [6.45, 7) is -0.368. The van der Waals surface area contributed by atoms with Crippen LogP contribution in [0.1, 0.15) is 10.4 Å². The van der Waals surface area contributed by atoms with Gasteiger partial charge in [-0.25, -0.2) is 4.79 Å². The predicted molar refractivity (Wildman–Crippen MR) is 88.3 cm³/mol. The highest BCUT2D eigenvalue weighted by Crippen LogP contribution is 2.21. The van der Waals surface area contributed by atoms with Crippen molar-refractivity contribution in [1.29, 1.82) is 0 Å². The van der Waals surface area contributed by atoms with Gasteiger partial charge in [0, 0.05) is 16.6 Å². The molecule has 2 N–H and O–H groups in total. The molecular weight excluding hydrogens is 384 g/mol. The Bertz CT molecular complexity index is 791. The van der Waals surface area contributed by atoms with Gasteiger partial charge in [0.15, 0.2) is 6.61 Å². The van der Waals surface area contributed by atoms with Crippen molar-refractivity contribution in [2.45, 2.75) is 0 Å². The van der Waals surface area contributed by atoms with Crippen molar-refractivity contribution in [2.75, 3.05) is 11.9 Å². The van der Waals surface area contributed by atoms with Gasteiger partial charge in [-0.05, 0) is 30.3 Å². The summed E-state index contributed by atoms with van der Waals surface area (Å²) in [7, 11) is 0. The molecule has 0 fully saturated rings. The Balaban J connectivity index is 1.99. The fourth-order valence-electron chi connectivity index (χ4n) is 1.80. The Hall–Kier alpha value is -2.94. The fraction of sp³-hybridized carbons (Fsp3) is 0.0667. The second-order valence-electron chi connectivity index (χ2n) is 4.58. The van der Waals surface area contributed by atoms with Crippen LogP contribution in [-0.2, 0) is 4.79 Å². The molecule has 0 aliphatic heterocycles. The number of aromatic carboxylic acids is 1. The van der Waals surface area contributed by atoms with E-state index >= 15 is 0 Å². The van der Waals surface area contributed by atoms with E-state index in [1.807, 2.05) is 0 Å². The molecule has 0 atom stereocenters. The molecule has 0 saturated carbocycles. The molecule has 0 spiro atoms. The fourth-order valence-corrected chi connectivity index (χ4v) is 2.16. The highest BCUT2D eigenvalue weighted by molar-refractivity contribution is 9.10. The van der Waals surface area contributed by atoms with Crippen molar-refractivity contribution in [3.05, 3.63) is 62.6 Å². The van der Waals surface area contributed by atoms with Crippen molar-refractivity contribution in [2.24, 2.45) is 0 Å². The third-order valence-corrected chi connectivity index (χ3v) is 3.40. The van der Waals surface area contributed by atoms with Crippen LogP contribution in [0.15, 0.2) is 46.9 Å². The summed E-state index contributed by atoms with van der Waals surface area (Å²) in [6.07, 6.45) is 0. The molecule has 0 aliphatic rings. The molecular formula is C15H11BrN2O6. The van der Waals surface area contributed by atoms with E-state index < -0.39 is 16.8 Å². The largest absolute Gasteiger partial charge is 0.484 e. The maximum absolute atomic E-state index is 11.9. The number of nitro groups is 1. The number of carboxylic acids is 1. The lowest BCUT2D eigenvalue weighted by atomic mass is 10.2. The number of hydrogen-bond acceptors (Lipinski definition) is 5. The van der Waals surface area contributed by atoms with Gasteiger partial charge in [-0.1, -0.05) is 15.9 Å². The van der Waals surface area contributed by atoms with E-state index in [1.54, 1.807) is 6.07 Å². The van der Waals surface area contributed by atoms with Crippen molar-refractivity contribution >= 4 is 39.2 Å². The first kappa shape index (κ1) is 17.4. The number of ether oxygens (including phenoxy) is 1. The Kier molecular flexibility index (Phi) is 5.48. The quantitative estimate of drug-likeness (QED) is 0.573. The van der Waals surface area contributed by atoms with Gasteiger partial charge in [0.05, 0.1) is 16.2 Å². The van der Waals surface area contributed by atoms with Gasteiger partial charge in [-0.15, -0.1) is 0 Å². The first-order valence-corrected chi connectivity index (χ1v) is 7.36. The number of carbonyl (C=O) groups excluding carboxylic acids is 1. The van der Waals surface area contributed by atoms with Crippen LogP contribution < -0.4 is 10.1 Å². The molecule has 124 valence electrons. The Morgan fingerprint density at radius 1 is 1.21 bits per heavy atom. The summed E-state index contributed by atoms with van der Waals surface area (Å²) >= 11 is 3.16. The standard InChI is InChI=1S/C15H11BrN2O6/c16-9-1-6-13(12(7-9)15(20)21)17-14(19)8-24-11-4-2-10(3-5-11)18(22)23/h1-7H,8H2,(H,17,19)(H,20,21). The zero-order valence-electron chi connectivity index (χ0n) is 12.1. The zero-order chi connectivity index (χ0) is 17.7. The van der Waals surface area contributed by atoms with Crippen LogP contribution in [0.4, 0.5) is 11.4 Å². The smallest absolute Gasteiger partial charge is 0.337 e. The van der Waals surface area contributed by atoms with Gasteiger partial charge >= 0.3 is 5.97 Å². The molecule has 9 heteroatoms. The van der Waals surface area contributed by atoms with E-state index in [0.29, 0.717) is 4.47 Å². The Morgan fingerprint density at radius 3 is 2.46 bits per heavy atom. The van der Waals surface area contributed by atoms with Crippen molar-refractivity contribution in [3.63, 3.8) is 0 Å². The molecule has 24 heavy (non-hydrogen) atoms. The van der Waals surface area contributed by atoms with Crippen LogP contribution in [0.5, 0.6) is 5.75 Å². The molecule has 2 aromatic carbocycles. The normalized spacial score (nSPS) is 10.0. The molecule has 8 nitrogen and oxygen atoms in total. The first-order chi connectivity index (χ1) is 11.4. The maximum Gasteiger partial charge on any atom is 0.337 e. The number of nitrogens with one attached hydrogen (secondary N) is 1. The van der Waals surface area contributed by atoms with E-state index in [9.17, 15) is 19.7 Å². The summed E-state index contributed by atoms with van der Waals surface area (Å²) in [4.78, 5) is 33.0. The molecule has 0 heterocycles. The molecule has 1 amide bonds. The lowest BCUT2D eigenvalue weighted by molar-refractivity contribution is -0.384. The summed E-state index contributed by atoms with van der Waals surface area (Å²) in [5.41, 5.74) is -0.0103. The minimum Gasteiger partial charge on any atom is -0.484 e. The predicted octanol–water partition coefficient (Wildman–Crippen LogP) is 3.07. The van der Waals surface area contributed by atoms with Gasteiger partial charge in [0.2, 0.25) is 0 Å². The molecule has 2 rings (SSSR count). The molecule has 0 aliphatic carbocycles. The van der Waals surface area contributed by atoms with Crippen LogP contribution in [-0.4, -0.2) is 28.5 Å². The van der Waals surface area contributed by atoms with Gasteiger partial charge in [-0.3, -0.25) is 14.9 Å². The average molecular weight is 395 g/mol. The second-order valence-corrected chi connectivity index (χ2v) is 5.50. The number of benzene rings is 2. The molecule has 0 bridgehead atoms. The summed E-state index contributed by atoms with van der Waals surface area (Å²) in [5, 5.41) is 22.1. The van der Waals surface area contributed by atoms with Gasteiger partial charge in [0.25, 0.3) is 11.6 Å². The van der Waals surface area contributed by atoms with Crippen molar-refractivity contribution in [1.82, 2.24) is 0 Å². The Morgan fingerprint density at radius 2 is 1.88 bits per heavy atom. The van der Waals surface area contributed by atoms with Gasteiger partial charge < -0.3 is 15.2 Å². The number of rotatable bonds is 6. The number of nitrogens with zero attached hydrogens (tertiary/aromatic N) is 1.